The number of likely N-dealkylation sites (N-methyl/N-ethyl adjacent to an activating group) is 1. The highest BCUT2D eigenvalue weighted by Gasteiger charge is 2.11. The molecule has 0 saturated heterocycles. The molecule has 0 N–H and O–H groups in total. The van der Waals surface area contributed by atoms with Crippen molar-refractivity contribution in [1.29, 1.82) is 0 Å². The Labute approximate surface area is 127 Å². The minimum absolute atomic E-state index is 0.0250. The largest absolute Gasteiger partial charge is 0.493 e. The van der Waals surface area contributed by atoms with E-state index in [-0.39, 0.29) is 12.5 Å². The van der Waals surface area contributed by atoms with Gasteiger partial charge in [-0.25, -0.2) is 0 Å². The molecule has 0 unspecified atom stereocenters. The molecule has 4 nitrogen and oxygen atoms in total. The van der Waals surface area contributed by atoms with Crippen LogP contribution in [0.4, 0.5) is 0 Å². The highest BCUT2D eigenvalue weighted by atomic mass is 16.5. The van der Waals surface area contributed by atoms with Crippen molar-refractivity contribution in [3.05, 3.63) is 29.8 Å². The Morgan fingerprint density at radius 2 is 2.10 bits per heavy atom. The lowest BCUT2D eigenvalue weighted by Gasteiger charge is -2.17. The van der Waals surface area contributed by atoms with Gasteiger partial charge < -0.3 is 14.4 Å². The first-order chi connectivity index (χ1) is 10.1. The molecular formula is C17H25NO3. The molecule has 116 valence electrons. The van der Waals surface area contributed by atoms with Crippen molar-refractivity contribution in [3.63, 3.8) is 0 Å². The molecule has 21 heavy (non-hydrogen) atoms. The van der Waals surface area contributed by atoms with Crippen molar-refractivity contribution in [1.82, 2.24) is 4.90 Å². The average Bonchev–Trinajstić information content (AvgIpc) is 2.51. The van der Waals surface area contributed by atoms with Crippen LogP contribution < -0.4 is 9.47 Å². The lowest BCUT2D eigenvalue weighted by Crippen LogP contribution is -2.32. The van der Waals surface area contributed by atoms with Crippen LogP contribution in [0.15, 0.2) is 24.3 Å². The first-order valence-corrected chi connectivity index (χ1v) is 7.29. The number of carbonyl (C=O) groups excluding carboxylic acids is 1. The molecule has 0 saturated carbocycles. The number of allylic oxidation sites excluding steroid dienone is 1. The molecule has 0 aromatic heterocycles. The van der Waals surface area contributed by atoms with Crippen LogP contribution in [0, 0.1) is 0 Å². The van der Waals surface area contributed by atoms with Gasteiger partial charge in [0.1, 0.15) is 0 Å². The van der Waals surface area contributed by atoms with Crippen LogP contribution in [0.5, 0.6) is 11.5 Å². The predicted molar refractivity (Wildman–Crippen MR) is 85.7 cm³/mol. The minimum atomic E-state index is -0.0250. The molecule has 0 fully saturated rings. The van der Waals surface area contributed by atoms with Gasteiger partial charge in [0.05, 0.1) is 7.11 Å². The minimum Gasteiger partial charge on any atom is -0.493 e. The second-order valence-corrected chi connectivity index (χ2v) is 4.87. The van der Waals surface area contributed by atoms with Gasteiger partial charge >= 0.3 is 0 Å². The van der Waals surface area contributed by atoms with Crippen LogP contribution in [0.3, 0.4) is 0 Å². The zero-order valence-corrected chi connectivity index (χ0v) is 13.4. The summed E-state index contributed by atoms with van der Waals surface area (Å²) in [6.45, 7) is 4.85. The van der Waals surface area contributed by atoms with Gasteiger partial charge in [-0.1, -0.05) is 31.6 Å². The van der Waals surface area contributed by atoms with Crippen molar-refractivity contribution < 1.29 is 14.3 Å². The fraction of sp³-hybridized carbons (Fsp3) is 0.471. The number of benzene rings is 1. The third-order valence-electron chi connectivity index (χ3n) is 3.17. The van der Waals surface area contributed by atoms with Gasteiger partial charge in [-0.3, -0.25) is 4.79 Å². The van der Waals surface area contributed by atoms with E-state index in [0.29, 0.717) is 11.5 Å². The number of carbonyl (C=O) groups is 1. The molecule has 0 spiro atoms. The lowest BCUT2D eigenvalue weighted by atomic mass is 10.2. The predicted octanol–water partition coefficient (Wildman–Crippen LogP) is 3.37. The third kappa shape index (κ3) is 5.50. The maximum absolute atomic E-state index is 11.9. The molecule has 0 radical (unpaired) electrons. The van der Waals surface area contributed by atoms with Crippen LogP contribution in [-0.4, -0.2) is 38.1 Å². The summed E-state index contributed by atoms with van der Waals surface area (Å²) >= 11 is 0. The Morgan fingerprint density at radius 1 is 1.33 bits per heavy atom. The van der Waals surface area contributed by atoms with Crippen LogP contribution in [0.25, 0.3) is 6.08 Å². The zero-order valence-electron chi connectivity index (χ0n) is 13.4. The summed E-state index contributed by atoms with van der Waals surface area (Å²) in [5.41, 5.74) is 1.04. The lowest BCUT2D eigenvalue weighted by molar-refractivity contribution is -0.132. The molecule has 1 amide bonds. The Bertz CT molecular complexity index is 483. The molecule has 0 bridgehead atoms. The van der Waals surface area contributed by atoms with Crippen molar-refractivity contribution >= 4 is 12.0 Å². The Morgan fingerprint density at radius 3 is 2.71 bits per heavy atom. The van der Waals surface area contributed by atoms with Gasteiger partial charge in [-0.2, -0.15) is 0 Å². The Kier molecular flexibility index (Phi) is 7.37. The van der Waals surface area contributed by atoms with Crippen molar-refractivity contribution in [2.75, 3.05) is 27.3 Å². The molecule has 0 aliphatic heterocycles. The Balaban J connectivity index is 2.64. The van der Waals surface area contributed by atoms with Crippen molar-refractivity contribution in [3.8, 4) is 11.5 Å². The molecule has 4 heteroatoms. The number of methoxy groups -OCH3 is 1. The SMILES string of the molecule is C/C=C/c1ccc(OCC(=O)N(C)CCCC)c(OC)c1. The first-order valence-electron chi connectivity index (χ1n) is 7.29. The number of hydrogen-bond acceptors (Lipinski definition) is 3. The summed E-state index contributed by atoms with van der Waals surface area (Å²) < 4.78 is 10.9. The highest BCUT2D eigenvalue weighted by Crippen LogP contribution is 2.28. The van der Waals surface area contributed by atoms with Gasteiger partial charge in [0, 0.05) is 13.6 Å². The molecule has 1 aromatic carbocycles. The molecule has 1 rings (SSSR count). The van der Waals surface area contributed by atoms with Crippen LogP contribution in [0.2, 0.25) is 0 Å². The summed E-state index contributed by atoms with van der Waals surface area (Å²) in [6, 6.07) is 5.65. The summed E-state index contributed by atoms with van der Waals surface area (Å²) in [6.07, 6.45) is 6.01. The molecule has 0 heterocycles. The number of ether oxygens (including phenoxy) is 2. The number of rotatable bonds is 8. The van der Waals surface area contributed by atoms with Crippen LogP contribution in [0.1, 0.15) is 32.3 Å². The molecule has 1 aromatic rings. The Hall–Kier alpha value is -1.97. The fourth-order valence-electron chi connectivity index (χ4n) is 1.87. The summed E-state index contributed by atoms with van der Waals surface area (Å²) in [5.74, 6) is 1.20. The van der Waals surface area contributed by atoms with Gasteiger partial charge in [0.2, 0.25) is 0 Å². The highest BCUT2D eigenvalue weighted by molar-refractivity contribution is 5.77. The van der Waals surface area contributed by atoms with Crippen LogP contribution in [-0.2, 0) is 4.79 Å². The summed E-state index contributed by atoms with van der Waals surface area (Å²) in [4.78, 5) is 13.6. The quantitative estimate of drug-likeness (QED) is 0.737. The monoisotopic (exact) mass is 291 g/mol. The number of unbranched alkanes of at least 4 members (excludes halogenated alkanes) is 1. The third-order valence-corrected chi connectivity index (χ3v) is 3.17. The van der Waals surface area contributed by atoms with E-state index >= 15 is 0 Å². The summed E-state index contributed by atoms with van der Waals surface area (Å²) in [7, 11) is 3.39. The second-order valence-electron chi connectivity index (χ2n) is 4.87. The molecule has 0 atom stereocenters. The van der Waals surface area contributed by atoms with Crippen molar-refractivity contribution in [2.24, 2.45) is 0 Å². The average molecular weight is 291 g/mol. The van der Waals surface area contributed by atoms with E-state index in [9.17, 15) is 4.79 Å². The van der Waals surface area contributed by atoms with Gasteiger partial charge in [0.25, 0.3) is 5.91 Å². The maximum Gasteiger partial charge on any atom is 0.260 e. The van der Waals surface area contributed by atoms with Gasteiger partial charge in [-0.05, 0) is 31.0 Å². The fourth-order valence-corrected chi connectivity index (χ4v) is 1.87. The van der Waals surface area contributed by atoms with E-state index in [0.717, 1.165) is 24.9 Å². The zero-order chi connectivity index (χ0) is 15.7. The summed E-state index contributed by atoms with van der Waals surface area (Å²) in [5, 5.41) is 0. The van der Waals surface area contributed by atoms with Crippen LogP contribution >= 0.6 is 0 Å². The second kappa shape index (κ2) is 9.06. The standard InChI is InChI=1S/C17H25NO3/c1-5-7-11-18(3)17(19)13-21-15-10-9-14(8-6-2)12-16(15)20-4/h6,8-10,12H,5,7,11,13H2,1-4H3/b8-6+. The number of amides is 1. The van der Waals surface area contributed by atoms with E-state index in [2.05, 4.69) is 6.92 Å². The molecule has 0 aliphatic rings. The number of hydrogen-bond donors (Lipinski definition) is 0. The van der Waals surface area contributed by atoms with E-state index in [1.54, 1.807) is 19.1 Å². The van der Waals surface area contributed by atoms with Gasteiger partial charge in [0.15, 0.2) is 18.1 Å². The van der Waals surface area contributed by atoms with E-state index < -0.39 is 0 Å². The maximum atomic E-state index is 11.9. The van der Waals surface area contributed by atoms with E-state index in [1.165, 1.54) is 0 Å². The smallest absolute Gasteiger partial charge is 0.260 e. The molecular weight excluding hydrogens is 266 g/mol. The van der Waals surface area contributed by atoms with E-state index in [4.69, 9.17) is 9.47 Å². The van der Waals surface area contributed by atoms with Crippen molar-refractivity contribution in [2.45, 2.75) is 26.7 Å². The topological polar surface area (TPSA) is 38.8 Å². The van der Waals surface area contributed by atoms with E-state index in [1.807, 2.05) is 37.3 Å². The van der Waals surface area contributed by atoms with Gasteiger partial charge in [-0.15, -0.1) is 0 Å². The first kappa shape index (κ1) is 17.1. The molecule has 0 aliphatic carbocycles. The number of nitrogens with zero attached hydrogens (tertiary/aromatic N) is 1. The normalized spacial score (nSPS) is 10.7.